The van der Waals surface area contributed by atoms with Gasteiger partial charge in [-0.25, -0.2) is 4.99 Å². The van der Waals surface area contributed by atoms with Gasteiger partial charge in [0.1, 0.15) is 0 Å². The van der Waals surface area contributed by atoms with Crippen molar-refractivity contribution in [2.75, 3.05) is 6.54 Å². The van der Waals surface area contributed by atoms with Gasteiger partial charge in [-0.2, -0.15) is 5.26 Å². The van der Waals surface area contributed by atoms with Gasteiger partial charge in [0.15, 0.2) is 5.96 Å². The maximum atomic E-state index is 8.86. The number of rotatable bonds is 6. The van der Waals surface area contributed by atoms with E-state index in [-0.39, 0.29) is 30.0 Å². The van der Waals surface area contributed by atoms with Crippen LogP contribution in [0.25, 0.3) is 0 Å². The van der Waals surface area contributed by atoms with E-state index in [0.29, 0.717) is 18.0 Å². The van der Waals surface area contributed by atoms with Crippen LogP contribution in [0.2, 0.25) is 0 Å². The fourth-order valence-corrected chi connectivity index (χ4v) is 2.56. The van der Waals surface area contributed by atoms with Crippen LogP contribution in [0.5, 0.6) is 0 Å². The Morgan fingerprint density at radius 3 is 2.31 bits per heavy atom. The van der Waals surface area contributed by atoms with Crippen molar-refractivity contribution in [2.24, 2.45) is 4.99 Å². The summed E-state index contributed by atoms with van der Waals surface area (Å²) in [4.78, 5) is 4.67. The summed E-state index contributed by atoms with van der Waals surface area (Å²) < 4.78 is 0. The van der Waals surface area contributed by atoms with E-state index < -0.39 is 0 Å². The maximum absolute atomic E-state index is 8.86. The molecule has 2 unspecified atom stereocenters. The quantitative estimate of drug-likeness (QED) is 0.380. The molecule has 26 heavy (non-hydrogen) atoms. The second-order valence-corrected chi connectivity index (χ2v) is 6.14. The van der Waals surface area contributed by atoms with Crippen molar-refractivity contribution in [1.29, 1.82) is 5.26 Å². The number of aliphatic imine (C=N–C) groups is 1. The molecule has 0 saturated heterocycles. The molecule has 0 aliphatic heterocycles. The lowest BCUT2D eigenvalue weighted by atomic mass is 9.94. The van der Waals surface area contributed by atoms with E-state index in [4.69, 9.17) is 5.26 Å². The number of hydrogen-bond acceptors (Lipinski definition) is 2. The molecule has 2 aromatic carbocycles. The fraction of sp³-hybridized carbons (Fsp3) is 0.333. The monoisotopic (exact) mass is 462 g/mol. The Kier molecular flexibility index (Phi) is 9.74. The van der Waals surface area contributed by atoms with Gasteiger partial charge in [-0.1, -0.05) is 49.4 Å². The zero-order valence-electron chi connectivity index (χ0n) is 15.6. The van der Waals surface area contributed by atoms with Crippen LogP contribution in [0.1, 0.15) is 43.4 Å². The number of nitrogens with zero attached hydrogens (tertiary/aromatic N) is 2. The Balaban J connectivity index is 0.00000338. The van der Waals surface area contributed by atoms with Gasteiger partial charge < -0.3 is 10.6 Å². The summed E-state index contributed by atoms with van der Waals surface area (Å²) in [5, 5.41) is 15.7. The van der Waals surface area contributed by atoms with Crippen LogP contribution in [0.15, 0.2) is 59.6 Å². The molecule has 4 nitrogen and oxygen atoms in total. The Bertz CT molecular complexity index is 720. The SMILES string of the molecule is CCNC(=NCc1ccc(C#N)cc1)NC(C)C(C)c1ccccc1.I. The first kappa shape index (κ1) is 22.0. The molecule has 2 atom stereocenters. The summed E-state index contributed by atoms with van der Waals surface area (Å²) >= 11 is 0. The molecule has 0 saturated carbocycles. The Morgan fingerprint density at radius 2 is 1.73 bits per heavy atom. The molecule has 0 bridgehead atoms. The average molecular weight is 462 g/mol. The molecule has 0 fully saturated rings. The number of hydrogen-bond donors (Lipinski definition) is 2. The molecule has 0 amide bonds. The Morgan fingerprint density at radius 1 is 1.08 bits per heavy atom. The summed E-state index contributed by atoms with van der Waals surface area (Å²) in [6.07, 6.45) is 0. The van der Waals surface area contributed by atoms with Crippen LogP contribution in [0, 0.1) is 11.3 Å². The molecular formula is C21H27IN4. The van der Waals surface area contributed by atoms with Gasteiger partial charge in [-0.15, -0.1) is 24.0 Å². The second-order valence-electron chi connectivity index (χ2n) is 6.14. The van der Waals surface area contributed by atoms with Gasteiger partial charge >= 0.3 is 0 Å². The molecule has 2 rings (SSSR count). The number of nitrogens with one attached hydrogen (secondary N) is 2. The molecule has 0 aromatic heterocycles. The summed E-state index contributed by atoms with van der Waals surface area (Å²) in [5.74, 6) is 1.18. The van der Waals surface area contributed by atoms with E-state index in [2.05, 4.69) is 66.7 Å². The van der Waals surface area contributed by atoms with Gasteiger partial charge in [0.25, 0.3) is 0 Å². The van der Waals surface area contributed by atoms with E-state index in [1.54, 1.807) is 0 Å². The lowest BCUT2D eigenvalue weighted by Crippen LogP contribution is -2.44. The molecule has 0 aliphatic rings. The van der Waals surface area contributed by atoms with Gasteiger partial charge in [0.2, 0.25) is 0 Å². The molecular weight excluding hydrogens is 435 g/mol. The number of benzene rings is 2. The minimum atomic E-state index is 0. The second kappa shape index (κ2) is 11.5. The normalized spacial score (nSPS) is 13.1. The van der Waals surface area contributed by atoms with Gasteiger partial charge in [-0.05, 0) is 37.1 Å². The summed E-state index contributed by atoms with van der Waals surface area (Å²) in [6, 6.07) is 20.4. The van der Waals surface area contributed by atoms with E-state index in [0.717, 1.165) is 18.1 Å². The molecule has 2 aromatic rings. The first-order valence-electron chi connectivity index (χ1n) is 8.73. The van der Waals surface area contributed by atoms with Crippen LogP contribution in [-0.4, -0.2) is 18.5 Å². The Labute approximate surface area is 173 Å². The lowest BCUT2D eigenvalue weighted by molar-refractivity contribution is 0.550. The van der Waals surface area contributed by atoms with Gasteiger partial charge in [0, 0.05) is 18.5 Å². The third-order valence-electron chi connectivity index (χ3n) is 4.29. The van der Waals surface area contributed by atoms with Crippen LogP contribution < -0.4 is 10.6 Å². The Hall–Kier alpha value is -2.07. The number of guanidine groups is 1. The van der Waals surface area contributed by atoms with Gasteiger partial charge in [0.05, 0.1) is 18.2 Å². The summed E-state index contributed by atoms with van der Waals surface area (Å²) in [6.45, 7) is 7.84. The third-order valence-corrected chi connectivity index (χ3v) is 4.29. The van der Waals surface area contributed by atoms with Crippen molar-refractivity contribution in [3.8, 4) is 6.07 Å². The van der Waals surface area contributed by atoms with Crippen molar-refractivity contribution in [2.45, 2.75) is 39.3 Å². The number of nitriles is 1. The highest BCUT2D eigenvalue weighted by Gasteiger charge is 2.15. The topological polar surface area (TPSA) is 60.2 Å². The number of halogens is 1. The smallest absolute Gasteiger partial charge is 0.191 e. The van der Waals surface area contributed by atoms with Crippen molar-refractivity contribution in [3.05, 3.63) is 71.3 Å². The highest BCUT2D eigenvalue weighted by Crippen LogP contribution is 2.18. The lowest BCUT2D eigenvalue weighted by Gasteiger charge is -2.24. The van der Waals surface area contributed by atoms with Crippen LogP contribution >= 0.6 is 24.0 Å². The van der Waals surface area contributed by atoms with Crippen LogP contribution in [-0.2, 0) is 6.54 Å². The van der Waals surface area contributed by atoms with Gasteiger partial charge in [-0.3, -0.25) is 0 Å². The maximum Gasteiger partial charge on any atom is 0.191 e. The van der Waals surface area contributed by atoms with Crippen molar-refractivity contribution in [3.63, 3.8) is 0 Å². The third kappa shape index (κ3) is 6.68. The van der Waals surface area contributed by atoms with Crippen molar-refractivity contribution >= 4 is 29.9 Å². The highest BCUT2D eigenvalue weighted by atomic mass is 127. The largest absolute Gasteiger partial charge is 0.357 e. The molecule has 2 N–H and O–H groups in total. The van der Waals surface area contributed by atoms with E-state index in [1.807, 2.05) is 30.3 Å². The van der Waals surface area contributed by atoms with E-state index in [9.17, 15) is 0 Å². The van der Waals surface area contributed by atoms with E-state index >= 15 is 0 Å². The molecule has 0 spiro atoms. The molecule has 138 valence electrons. The standard InChI is InChI=1S/C21H26N4.HI/c1-4-23-21(24-15-19-12-10-18(14-22)11-13-19)25-17(3)16(2)20-8-6-5-7-9-20;/h5-13,16-17H,4,15H2,1-3H3,(H2,23,24,25);1H. The predicted octanol–water partition coefficient (Wildman–Crippen LogP) is 4.42. The molecule has 0 radical (unpaired) electrons. The zero-order valence-corrected chi connectivity index (χ0v) is 17.9. The molecule has 0 heterocycles. The van der Waals surface area contributed by atoms with Crippen LogP contribution in [0.4, 0.5) is 0 Å². The molecule has 0 aliphatic carbocycles. The fourth-order valence-electron chi connectivity index (χ4n) is 2.56. The van der Waals surface area contributed by atoms with Crippen molar-refractivity contribution < 1.29 is 0 Å². The minimum absolute atomic E-state index is 0. The van der Waals surface area contributed by atoms with Crippen LogP contribution in [0.3, 0.4) is 0 Å². The summed E-state index contributed by atoms with van der Waals surface area (Å²) in [5.41, 5.74) is 3.06. The van der Waals surface area contributed by atoms with E-state index in [1.165, 1.54) is 5.56 Å². The minimum Gasteiger partial charge on any atom is -0.357 e. The average Bonchev–Trinajstić information content (AvgIpc) is 2.66. The summed E-state index contributed by atoms with van der Waals surface area (Å²) in [7, 11) is 0. The first-order chi connectivity index (χ1) is 12.1. The predicted molar refractivity (Wildman–Crippen MR) is 119 cm³/mol. The molecule has 5 heteroatoms. The first-order valence-corrected chi connectivity index (χ1v) is 8.73. The highest BCUT2D eigenvalue weighted by molar-refractivity contribution is 14.0. The zero-order chi connectivity index (χ0) is 18.1. The van der Waals surface area contributed by atoms with Crippen molar-refractivity contribution in [1.82, 2.24) is 10.6 Å².